The monoisotopic (exact) mass is 294 g/mol. The van der Waals surface area contributed by atoms with Crippen LogP contribution in [0.25, 0.3) is 0 Å². The first kappa shape index (κ1) is 13.5. The summed E-state index contributed by atoms with van der Waals surface area (Å²) in [5.41, 5.74) is 0.285. The molecule has 1 aliphatic heterocycles. The second kappa shape index (κ2) is 6.28. The maximum atomic E-state index is 11.9. The van der Waals surface area contributed by atoms with Gasteiger partial charge in [-0.05, 0) is 11.4 Å². The molecule has 1 atom stereocenters. The van der Waals surface area contributed by atoms with E-state index in [0.717, 1.165) is 9.11 Å². The molecule has 92 valence electrons. The Balaban J connectivity index is 2.25. The van der Waals surface area contributed by atoms with Crippen molar-refractivity contribution in [2.24, 2.45) is 0 Å². The van der Waals surface area contributed by atoms with Gasteiger partial charge in [-0.1, -0.05) is 12.0 Å². The topological polar surface area (TPSA) is 34.1 Å². The van der Waals surface area contributed by atoms with Crippen LogP contribution in [-0.2, 0) is 9.59 Å². The molecule has 0 unspecified atom stereocenters. The normalized spacial score (nSPS) is 19.7. The lowest BCUT2D eigenvalue weighted by Gasteiger charge is -2.22. The van der Waals surface area contributed by atoms with Gasteiger partial charge in [-0.25, -0.2) is 0 Å². The van der Waals surface area contributed by atoms with Gasteiger partial charge in [0, 0.05) is 11.3 Å². The molecule has 1 aromatic rings. The molecule has 0 fully saturated rings. The number of aldehydes is 1. The first-order valence-corrected chi connectivity index (χ1v) is 7.99. The molecule has 1 aliphatic rings. The summed E-state index contributed by atoms with van der Waals surface area (Å²) in [6.07, 6.45) is 6.26. The van der Waals surface area contributed by atoms with Crippen molar-refractivity contribution in [2.45, 2.75) is 11.7 Å². The minimum absolute atomic E-state index is 0.0818. The van der Waals surface area contributed by atoms with Crippen LogP contribution in [0.5, 0.6) is 0 Å². The number of allylic oxidation sites excluding steroid dienone is 1. The van der Waals surface area contributed by atoms with Gasteiger partial charge in [0.2, 0.25) is 0 Å². The molecule has 2 nitrogen and oxygen atoms in total. The lowest BCUT2D eigenvalue weighted by atomic mass is 10.1. The number of rotatable bonds is 4. The molecule has 5 heteroatoms. The van der Waals surface area contributed by atoms with Crippen LogP contribution in [0.3, 0.4) is 0 Å². The molecular weight excluding hydrogens is 284 g/mol. The minimum atomic E-state index is -0.0818. The van der Waals surface area contributed by atoms with Crippen molar-refractivity contribution < 1.29 is 9.59 Å². The average Bonchev–Trinajstić information content (AvgIpc) is 2.89. The third-order valence-electron chi connectivity index (χ3n) is 2.41. The maximum Gasteiger partial charge on any atom is 0.169 e. The highest BCUT2D eigenvalue weighted by Gasteiger charge is 2.29. The Kier molecular flexibility index (Phi) is 4.70. The minimum Gasteiger partial charge on any atom is -0.298 e. The highest BCUT2D eigenvalue weighted by molar-refractivity contribution is 8.22. The summed E-state index contributed by atoms with van der Waals surface area (Å²) >= 11 is 4.60. The van der Waals surface area contributed by atoms with Crippen LogP contribution >= 0.6 is 34.9 Å². The maximum absolute atomic E-state index is 11.9. The van der Waals surface area contributed by atoms with Crippen molar-refractivity contribution in [3.63, 3.8) is 0 Å². The number of thiophene rings is 1. The molecular formula is C13H10O2S3. The lowest BCUT2D eigenvalue weighted by Crippen LogP contribution is -2.14. The van der Waals surface area contributed by atoms with E-state index in [4.69, 9.17) is 6.42 Å². The van der Waals surface area contributed by atoms with E-state index < -0.39 is 0 Å². The zero-order valence-electron chi connectivity index (χ0n) is 9.42. The highest BCUT2D eigenvalue weighted by Crippen LogP contribution is 2.48. The largest absolute Gasteiger partial charge is 0.298 e. The first-order valence-electron chi connectivity index (χ1n) is 5.25. The zero-order chi connectivity index (χ0) is 13.0. The van der Waals surface area contributed by atoms with Crippen molar-refractivity contribution in [3.05, 3.63) is 32.2 Å². The molecule has 1 aromatic heterocycles. The number of carbonyl (C=O) groups is 2. The summed E-state index contributed by atoms with van der Waals surface area (Å²) in [6, 6.07) is 3.99. The van der Waals surface area contributed by atoms with E-state index in [9.17, 15) is 9.59 Å². The van der Waals surface area contributed by atoms with Gasteiger partial charge < -0.3 is 0 Å². The standard InChI is InChI=1S/C13H10O2S3/c1-2-5-17-13-9(8-14)10(15)7-12(18-13)11-4-3-6-16-11/h1,3-4,6,8,12H,5,7H2/t12-/m0/s1. The second-order valence-electron chi connectivity index (χ2n) is 3.56. The van der Waals surface area contributed by atoms with Gasteiger partial charge in [-0.3, -0.25) is 9.59 Å². The second-order valence-corrected chi connectivity index (χ2v) is 7.00. The van der Waals surface area contributed by atoms with E-state index in [1.807, 2.05) is 17.5 Å². The number of thioether (sulfide) groups is 2. The number of Topliss-reactive ketones (excluding diaryl/α,β-unsaturated/α-hetero) is 1. The summed E-state index contributed by atoms with van der Waals surface area (Å²) in [7, 11) is 0. The first-order chi connectivity index (χ1) is 8.76. The molecule has 0 amide bonds. The van der Waals surface area contributed by atoms with Crippen LogP contribution in [0.15, 0.2) is 27.3 Å². The number of carbonyl (C=O) groups excluding carboxylic acids is 2. The summed E-state index contributed by atoms with van der Waals surface area (Å²) in [5.74, 6) is 2.91. The van der Waals surface area contributed by atoms with Crippen molar-refractivity contribution >= 4 is 46.9 Å². The van der Waals surface area contributed by atoms with E-state index in [2.05, 4.69) is 5.92 Å². The van der Waals surface area contributed by atoms with Gasteiger partial charge >= 0.3 is 0 Å². The third kappa shape index (κ3) is 2.89. The fraction of sp³-hybridized carbons (Fsp3) is 0.231. The Bertz CT molecular complexity index is 523. The van der Waals surface area contributed by atoms with E-state index in [-0.39, 0.29) is 16.6 Å². The van der Waals surface area contributed by atoms with Crippen LogP contribution in [-0.4, -0.2) is 17.8 Å². The third-order valence-corrected chi connectivity index (χ3v) is 6.12. The van der Waals surface area contributed by atoms with E-state index in [0.29, 0.717) is 18.5 Å². The highest BCUT2D eigenvalue weighted by atomic mass is 32.2. The van der Waals surface area contributed by atoms with Gasteiger partial charge in [-0.15, -0.1) is 41.3 Å². The van der Waals surface area contributed by atoms with Crippen molar-refractivity contribution in [3.8, 4) is 12.3 Å². The zero-order valence-corrected chi connectivity index (χ0v) is 11.9. The number of hydrogen-bond donors (Lipinski definition) is 0. The summed E-state index contributed by atoms with van der Waals surface area (Å²) in [6.45, 7) is 0. The molecule has 18 heavy (non-hydrogen) atoms. The van der Waals surface area contributed by atoms with Crippen molar-refractivity contribution in [1.82, 2.24) is 0 Å². The molecule has 0 spiro atoms. The summed E-state index contributed by atoms with van der Waals surface area (Å²) in [5, 5.41) is 2.11. The Labute approximate surface area is 118 Å². The van der Waals surface area contributed by atoms with Gasteiger partial charge in [-0.2, -0.15) is 0 Å². The molecule has 0 aliphatic carbocycles. The fourth-order valence-electron chi connectivity index (χ4n) is 1.59. The van der Waals surface area contributed by atoms with Gasteiger partial charge in [0.25, 0.3) is 0 Å². The lowest BCUT2D eigenvalue weighted by molar-refractivity contribution is -0.117. The average molecular weight is 294 g/mol. The van der Waals surface area contributed by atoms with Crippen LogP contribution in [0.2, 0.25) is 0 Å². The Morgan fingerprint density at radius 3 is 3.06 bits per heavy atom. The van der Waals surface area contributed by atoms with Gasteiger partial charge in [0.15, 0.2) is 12.1 Å². The molecule has 0 bridgehead atoms. The number of ketones is 1. The quantitative estimate of drug-likeness (QED) is 0.485. The fourth-order valence-corrected chi connectivity index (χ4v) is 4.92. The molecule has 0 aromatic carbocycles. The molecule has 0 N–H and O–H groups in total. The molecule has 0 saturated heterocycles. The summed E-state index contributed by atoms with van der Waals surface area (Å²) in [4.78, 5) is 24.1. The molecule has 0 saturated carbocycles. The van der Waals surface area contributed by atoms with E-state index >= 15 is 0 Å². The van der Waals surface area contributed by atoms with Crippen molar-refractivity contribution in [1.29, 1.82) is 0 Å². The molecule has 2 heterocycles. The number of terminal acetylenes is 1. The van der Waals surface area contributed by atoms with Crippen LogP contribution in [0.4, 0.5) is 0 Å². The van der Waals surface area contributed by atoms with Crippen LogP contribution in [0, 0.1) is 12.3 Å². The Morgan fingerprint density at radius 2 is 2.44 bits per heavy atom. The Hall–Kier alpha value is -0.960. The van der Waals surface area contributed by atoms with Gasteiger partial charge in [0.1, 0.15) is 0 Å². The van der Waals surface area contributed by atoms with Crippen LogP contribution < -0.4 is 0 Å². The predicted octanol–water partition coefficient (Wildman–Crippen LogP) is 3.27. The number of hydrogen-bond acceptors (Lipinski definition) is 5. The summed E-state index contributed by atoms with van der Waals surface area (Å²) < 4.78 is 0.762. The SMILES string of the molecule is C#CCSC1=C(C=O)C(=O)C[C@@H](c2cccs2)S1. The Morgan fingerprint density at radius 1 is 1.61 bits per heavy atom. The van der Waals surface area contributed by atoms with Crippen molar-refractivity contribution in [2.75, 3.05) is 5.75 Å². The predicted molar refractivity (Wildman–Crippen MR) is 78.7 cm³/mol. The molecule has 0 radical (unpaired) electrons. The van der Waals surface area contributed by atoms with E-state index in [1.54, 1.807) is 23.1 Å². The van der Waals surface area contributed by atoms with Crippen LogP contribution in [0.1, 0.15) is 16.5 Å². The molecule has 2 rings (SSSR count). The van der Waals surface area contributed by atoms with E-state index in [1.165, 1.54) is 11.8 Å². The van der Waals surface area contributed by atoms with Gasteiger partial charge in [0.05, 0.1) is 20.8 Å². The smallest absolute Gasteiger partial charge is 0.169 e.